The van der Waals surface area contributed by atoms with Gasteiger partial charge in [-0.2, -0.15) is 0 Å². The van der Waals surface area contributed by atoms with Crippen molar-refractivity contribution in [2.45, 2.75) is 233 Å². The predicted octanol–water partition coefficient (Wildman–Crippen LogP) is 7.90. The van der Waals surface area contributed by atoms with E-state index < -0.39 is 31.2 Å². The summed E-state index contributed by atoms with van der Waals surface area (Å²) in [4.78, 5) is 47.0. The molecule has 0 aliphatic rings. The smallest absolute Gasteiger partial charge is 0.550 e. The average Bonchev–Trinajstić information content (AvgIpc) is 3.06. The van der Waals surface area contributed by atoms with Crippen LogP contribution in [0.25, 0.3) is 0 Å². The molecule has 50 heavy (non-hydrogen) atoms. The minimum absolute atomic E-state index is 0. The van der Waals surface area contributed by atoms with Crippen LogP contribution in [0.2, 0.25) is 0 Å². The van der Waals surface area contributed by atoms with E-state index in [1.807, 2.05) is 0 Å². The van der Waals surface area contributed by atoms with Gasteiger partial charge in [-0.05, 0) is 32.1 Å². The zero-order chi connectivity index (χ0) is 36.6. The Hall–Kier alpha value is -1.06. The number of aliphatic carboxylic acids is 1. The normalized spacial score (nSPS) is 10.4. The Morgan fingerprint density at radius 1 is 0.360 bits per heavy atom. The maximum Gasteiger partial charge on any atom is 1.00 e. The SMILES string of the molecule is CCCCCCCCCC(=O)OB(OC(=O)CCCCCCCCC)OC(=O)CCCCCCCCC.CCCCCCCCCC(=O)[O-].[Na+]. The molecule has 0 unspecified atom stereocenters. The summed E-state index contributed by atoms with van der Waals surface area (Å²) in [7, 11) is -1.58. The van der Waals surface area contributed by atoms with Gasteiger partial charge < -0.3 is 23.9 Å². The van der Waals surface area contributed by atoms with E-state index in [1.165, 1.54) is 109 Å². The summed E-state index contributed by atoms with van der Waals surface area (Å²) >= 11 is 0. The van der Waals surface area contributed by atoms with Gasteiger partial charge in [-0.15, -0.1) is 0 Å². The Labute approximate surface area is 330 Å². The van der Waals surface area contributed by atoms with Crippen molar-refractivity contribution in [3.63, 3.8) is 0 Å². The van der Waals surface area contributed by atoms with Crippen LogP contribution in [0, 0.1) is 0 Å². The molecule has 0 amide bonds. The van der Waals surface area contributed by atoms with Crippen LogP contribution in [-0.2, 0) is 33.1 Å². The van der Waals surface area contributed by atoms with Crippen LogP contribution in [0.15, 0.2) is 0 Å². The molecule has 0 bridgehead atoms. The second-order valence-electron chi connectivity index (χ2n) is 13.6. The molecule has 0 spiro atoms. The van der Waals surface area contributed by atoms with E-state index in [1.54, 1.807) is 0 Å². The first-order valence-corrected chi connectivity index (χ1v) is 20.6. The maximum absolute atomic E-state index is 12.3. The molecule has 288 valence electrons. The van der Waals surface area contributed by atoms with E-state index in [2.05, 4.69) is 27.7 Å². The summed E-state index contributed by atoms with van der Waals surface area (Å²) < 4.78 is 15.8. The molecule has 0 aromatic carbocycles. The molecule has 0 aliphatic heterocycles. The minimum atomic E-state index is -1.58. The van der Waals surface area contributed by atoms with Crippen molar-refractivity contribution in [1.82, 2.24) is 0 Å². The molecule has 8 nitrogen and oxygen atoms in total. The van der Waals surface area contributed by atoms with Crippen molar-refractivity contribution in [2.75, 3.05) is 0 Å². The summed E-state index contributed by atoms with van der Waals surface area (Å²) in [5, 5.41) is 10.0. The van der Waals surface area contributed by atoms with Crippen molar-refractivity contribution in [3.05, 3.63) is 0 Å². The third-order valence-electron chi connectivity index (χ3n) is 8.62. The first kappa shape index (κ1) is 53.3. The number of carboxylic acids is 1. The van der Waals surface area contributed by atoms with Gasteiger partial charge in [0.05, 0.1) is 0 Å². The Bertz CT molecular complexity index is 692. The summed E-state index contributed by atoms with van der Waals surface area (Å²) in [5.74, 6) is -2.40. The molecule has 0 aliphatic carbocycles. The Morgan fingerprint density at radius 3 is 0.780 bits per heavy atom. The monoisotopic (exact) mass is 719 g/mol. The van der Waals surface area contributed by atoms with E-state index in [9.17, 15) is 24.3 Å². The van der Waals surface area contributed by atoms with Crippen molar-refractivity contribution in [2.24, 2.45) is 0 Å². The second kappa shape index (κ2) is 44.1. The Balaban J connectivity index is -0.00000144. The van der Waals surface area contributed by atoms with E-state index in [-0.39, 0.29) is 55.2 Å². The third-order valence-corrected chi connectivity index (χ3v) is 8.62. The zero-order valence-electron chi connectivity index (χ0n) is 33.5. The van der Waals surface area contributed by atoms with Crippen LogP contribution in [0.4, 0.5) is 0 Å². The van der Waals surface area contributed by atoms with Gasteiger partial charge in [0.2, 0.25) is 0 Å². The fourth-order valence-corrected chi connectivity index (χ4v) is 5.48. The number of hydrogen-bond donors (Lipinski definition) is 0. The van der Waals surface area contributed by atoms with E-state index in [0.717, 1.165) is 70.6 Å². The van der Waals surface area contributed by atoms with Crippen LogP contribution < -0.4 is 34.7 Å². The first-order chi connectivity index (χ1) is 23.8. The molecule has 0 atom stereocenters. The largest absolute Gasteiger partial charge is 1.00 e. The molecule has 10 heteroatoms. The molecule has 0 aromatic heterocycles. The van der Waals surface area contributed by atoms with Gasteiger partial charge in [-0.1, -0.05) is 182 Å². The van der Waals surface area contributed by atoms with Crippen LogP contribution in [-0.4, -0.2) is 31.2 Å². The predicted molar refractivity (Wildman–Crippen MR) is 199 cm³/mol. The van der Waals surface area contributed by atoms with Crippen molar-refractivity contribution in [1.29, 1.82) is 0 Å². The number of carbonyl (C=O) groups excluding carboxylic acids is 4. The standard InChI is InChI=1S/C30H57BO6.C10H20O2.Na/c1-4-7-10-13-16-19-22-25-28(32)35-31(36-29(33)26-23-20-17-14-11-8-5-2)37-30(34)27-24-21-18-15-12-9-6-3;1-2-3-4-5-6-7-8-9-10(11)12;/h4-27H2,1-3H3;2-9H2,1H3,(H,11,12);/q;;+1/p-1. The van der Waals surface area contributed by atoms with Crippen LogP contribution in [0.5, 0.6) is 0 Å². The topological polar surface area (TPSA) is 119 Å². The molecule has 0 fully saturated rings. The van der Waals surface area contributed by atoms with Crippen molar-refractivity contribution in [3.8, 4) is 0 Å². The average molecular weight is 719 g/mol. The molecule has 0 N–H and O–H groups in total. The fraction of sp³-hybridized carbons (Fsp3) is 0.900. The number of hydrogen-bond acceptors (Lipinski definition) is 8. The van der Waals surface area contributed by atoms with E-state index in [4.69, 9.17) is 14.0 Å². The van der Waals surface area contributed by atoms with Gasteiger partial charge in [-0.25, -0.2) is 0 Å². The summed E-state index contributed by atoms with van der Waals surface area (Å²) in [5.41, 5.74) is 0. The van der Waals surface area contributed by atoms with Crippen LogP contribution in [0.3, 0.4) is 0 Å². The second-order valence-corrected chi connectivity index (χ2v) is 13.6. The van der Waals surface area contributed by atoms with Gasteiger partial charge in [0, 0.05) is 25.2 Å². The van der Waals surface area contributed by atoms with Gasteiger partial charge in [0.25, 0.3) is 17.9 Å². The summed E-state index contributed by atoms with van der Waals surface area (Å²) in [6, 6.07) is 0. The van der Waals surface area contributed by atoms with Crippen molar-refractivity contribution < 1.29 is 67.8 Å². The number of unbranched alkanes of at least 4 members (excludes halogenated alkanes) is 24. The minimum Gasteiger partial charge on any atom is -0.550 e. The molecule has 0 heterocycles. The van der Waals surface area contributed by atoms with Crippen molar-refractivity contribution >= 4 is 31.2 Å². The molecular formula is C40H76BNaO8. The van der Waals surface area contributed by atoms with Crippen LogP contribution >= 0.6 is 0 Å². The molecule has 0 saturated carbocycles. The van der Waals surface area contributed by atoms with Gasteiger partial charge >= 0.3 is 36.9 Å². The number of carboxylic acid groups (broad SMARTS) is 1. The van der Waals surface area contributed by atoms with E-state index in [0.29, 0.717) is 0 Å². The Kier molecular flexibility index (Phi) is 47.0. The molecule has 0 aromatic rings. The van der Waals surface area contributed by atoms with Gasteiger partial charge in [0.15, 0.2) is 0 Å². The van der Waals surface area contributed by atoms with Gasteiger partial charge in [0.1, 0.15) is 0 Å². The zero-order valence-corrected chi connectivity index (χ0v) is 35.5. The quantitative estimate of drug-likeness (QED) is 0.0479. The first-order valence-electron chi connectivity index (χ1n) is 20.6. The summed E-state index contributed by atoms with van der Waals surface area (Å²) in [6.07, 6.45) is 31.9. The molecule has 0 radical (unpaired) electrons. The Morgan fingerprint density at radius 2 is 0.560 bits per heavy atom. The molecule has 0 rings (SSSR count). The van der Waals surface area contributed by atoms with Gasteiger partial charge in [-0.3, -0.25) is 14.4 Å². The summed E-state index contributed by atoms with van der Waals surface area (Å²) in [6.45, 7) is 8.76. The fourth-order valence-electron chi connectivity index (χ4n) is 5.48. The number of carbonyl (C=O) groups is 4. The van der Waals surface area contributed by atoms with Crippen LogP contribution in [0.1, 0.15) is 233 Å². The third kappa shape index (κ3) is 45.0. The molecule has 0 saturated heterocycles. The van der Waals surface area contributed by atoms with E-state index >= 15 is 0 Å². The molecular weight excluding hydrogens is 642 g/mol. The number of rotatable bonds is 35. The maximum atomic E-state index is 12.3.